The first-order valence-corrected chi connectivity index (χ1v) is 12.2. The standard InChI is InChI=1S/C28H23ClN2O6/c29-16-21-17-35-27-22(30-24(32)20-14-8-3-9-15-20)25(33)31(27)26(21)37-28(34)36-23(18-10-4-1-5-11-18)19-12-6-2-7-13-19/h1-15,22-23,27H,16-17H2,(H,30,32)/t22-,27-/m1/s1. The molecule has 2 aliphatic heterocycles. The Labute approximate surface area is 218 Å². The van der Waals surface area contributed by atoms with Crippen molar-refractivity contribution in [1.82, 2.24) is 10.2 Å². The Kier molecular flexibility index (Phi) is 7.20. The van der Waals surface area contributed by atoms with E-state index in [2.05, 4.69) is 5.32 Å². The van der Waals surface area contributed by atoms with Gasteiger partial charge in [-0.25, -0.2) is 4.79 Å². The molecule has 1 N–H and O–H groups in total. The lowest BCUT2D eigenvalue weighted by molar-refractivity contribution is -0.187. The predicted octanol–water partition coefficient (Wildman–Crippen LogP) is 4.38. The zero-order chi connectivity index (χ0) is 25.8. The zero-order valence-electron chi connectivity index (χ0n) is 19.6. The number of hydrogen-bond donors (Lipinski definition) is 1. The Morgan fingerprint density at radius 3 is 2.08 bits per heavy atom. The van der Waals surface area contributed by atoms with E-state index in [1.807, 2.05) is 60.7 Å². The van der Waals surface area contributed by atoms with Gasteiger partial charge in [-0.05, 0) is 23.3 Å². The number of rotatable bonds is 7. The fraction of sp³-hybridized carbons (Fsp3) is 0.179. The van der Waals surface area contributed by atoms with Gasteiger partial charge in [0.2, 0.25) is 5.88 Å². The highest BCUT2D eigenvalue weighted by molar-refractivity contribution is 6.19. The van der Waals surface area contributed by atoms with Gasteiger partial charge >= 0.3 is 6.16 Å². The van der Waals surface area contributed by atoms with Gasteiger partial charge in [0.15, 0.2) is 18.4 Å². The van der Waals surface area contributed by atoms with E-state index in [-0.39, 0.29) is 18.4 Å². The van der Waals surface area contributed by atoms with Gasteiger partial charge in [0, 0.05) is 11.1 Å². The van der Waals surface area contributed by atoms with Gasteiger partial charge in [-0.3, -0.25) is 14.5 Å². The fourth-order valence-electron chi connectivity index (χ4n) is 4.22. The predicted molar refractivity (Wildman–Crippen MR) is 134 cm³/mol. The molecule has 0 unspecified atom stereocenters. The average Bonchev–Trinajstić information content (AvgIpc) is 2.95. The van der Waals surface area contributed by atoms with E-state index in [0.29, 0.717) is 11.1 Å². The number of ether oxygens (including phenoxy) is 3. The van der Waals surface area contributed by atoms with Gasteiger partial charge in [0.25, 0.3) is 11.8 Å². The van der Waals surface area contributed by atoms with Crippen LogP contribution >= 0.6 is 11.6 Å². The highest BCUT2D eigenvalue weighted by atomic mass is 35.5. The number of amides is 2. The number of benzene rings is 3. The minimum atomic E-state index is -0.999. The maximum atomic E-state index is 13.0. The molecule has 0 radical (unpaired) electrons. The van der Waals surface area contributed by atoms with E-state index in [1.165, 1.54) is 4.90 Å². The number of nitrogens with one attached hydrogen (secondary N) is 1. The highest BCUT2D eigenvalue weighted by Crippen LogP contribution is 2.35. The second-order valence-electron chi connectivity index (χ2n) is 8.44. The molecule has 3 aromatic rings. The van der Waals surface area contributed by atoms with E-state index in [1.54, 1.807) is 30.3 Å². The number of hydrogen-bond acceptors (Lipinski definition) is 6. The molecule has 8 nitrogen and oxygen atoms in total. The lowest BCUT2D eigenvalue weighted by Gasteiger charge is -2.49. The number of alkyl halides is 1. The third-order valence-corrected chi connectivity index (χ3v) is 6.40. The molecule has 37 heavy (non-hydrogen) atoms. The molecule has 2 aliphatic rings. The molecular weight excluding hydrogens is 496 g/mol. The quantitative estimate of drug-likeness (QED) is 0.283. The van der Waals surface area contributed by atoms with Gasteiger partial charge < -0.3 is 19.5 Å². The Morgan fingerprint density at radius 1 is 0.946 bits per heavy atom. The minimum Gasteiger partial charge on any atom is -0.421 e. The number of carbonyl (C=O) groups is 3. The molecule has 1 fully saturated rings. The third kappa shape index (κ3) is 5.07. The summed E-state index contributed by atoms with van der Waals surface area (Å²) in [5.74, 6) is -0.959. The van der Waals surface area contributed by atoms with Crippen molar-refractivity contribution in [1.29, 1.82) is 0 Å². The number of nitrogens with zero attached hydrogens (tertiary/aromatic N) is 1. The first-order chi connectivity index (χ1) is 18.1. The van der Waals surface area contributed by atoms with Crippen LogP contribution < -0.4 is 5.32 Å². The summed E-state index contributed by atoms with van der Waals surface area (Å²) in [5, 5.41) is 2.68. The molecule has 2 amide bonds. The van der Waals surface area contributed by atoms with Crippen LogP contribution in [0.1, 0.15) is 27.6 Å². The summed E-state index contributed by atoms with van der Waals surface area (Å²) in [4.78, 5) is 39.7. The van der Waals surface area contributed by atoms with Crippen molar-refractivity contribution in [2.24, 2.45) is 0 Å². The summed E-state index contributed by atoms with van der Waals surface area (Å²) in [5.41, 5.74) is 2.33. The van der Waals surface area contributed by atoms with Crippen molar-refractivity contribution >= 4 is 29.6 Å². The van der Waals surface area contributed by atoms with Crippen LogP contribution in [-0.2, 0) is 19.0 Å². The fourth-order valence-corrected chi connectivity index (χ4v) is 4.41. The summed E-state index contributed by atoms with van der Waals surface area (Å²) < 4.78 is 17.0. The van der Waals surface area contributed by atoms with Crippen molar-refractivity contribution in [3.05, 3.63) is 119 Å². The van der Waals surface area contributed by atoms with Crippen molar-refractivity contribution in [2.45, 2.75) is 18.4 Å². The minimum absolute atomic E-state index is 0.0268. The Balaban J connectivity index is 1.32. The molecule has 0 aromatic heterocycles. The Hall–Kier alpha value is -4.14. The van der Waals surface area contributed by atoms with E-state index in [0.717, 1.165) is 11.1 Å². The van der Waals surface area contributed by atoms with Crippen LogP contribution in [0.4, 0.5) is 4.79 Å². The van der Waals surface area contributed by atoms with Crippen molar-refractivity contribution in [3.8, 4) is 0 Å². The van der Waals surface area contributed by atoms with Crippen LogP contribution in [0.5, 0.6) is 0 Å². The lowest BCUT2D eigenvalue weighted by Crippen LogP contribution is -2.72. The molecule has 2 heterocycles. The molecule has 0 aliphatic carbocycles. The van der Waals surface area contributed by atoms with E-state index < -0.39 is 36.3 Å². The molecule has 2 atom stereocenters. The first-order valence-electron chi connectivity index (χ1n) is 11.6. The van der Waals surface area contributed by atoms with E-state index in [9.17, 15) is 14.4 Å². The summed E-state index contributed by atoms with van der Waals surface area (Å²) in [6, 6.07) is 26.1. The highest BCUT2D eigenvalue weighted by Gasteiger charge is 2.55. The molecule has 3 aromatic carbocycles. The van der Waals surface area contributed by atoms with Gasteiger partial charge in [-0.2, -0.15) is 0 Å². The van der Waals surface area contributed by atoms with Crippen molar-refractivity contribution in [2.75, 3.05) is 12.5 Å². The monoisotopic (exact) mass is 518 g/mol. The smallest absolute Gasteiger partial charge is 0.421 e. The zero-order valence-corrected chi connectivity index (χ0v) is 20.3. The van der Waals surface area contributed by atoms with Crippen molar-refractivity contribution < 1.29 is 28.6 Å². The molecule has 9 heteroatoms. The van der Waals surface area contributed by atoms with Gasteiger partial charge in [-0.1, -0.05) is 78.9 Å². The van der Waals surface area contributed by atoms with Crippen LogP contribution in [-0.4, -0.2) is 47.6 Å². The summed E-state index contributed by atoms with van der Waals surface area (Å²) in [7, 11) is 0. The average molecular weight is 519 g/mol. The number of β-lactam (4-membered cyclic amide) rings is 1. The van der Waals surface area contributed by atoms with Crippen LogP contribution in [0.25, 0.3) is 0 Å². The second-order valence-corrected chi connectivity index (χ2v) is 8.71. The summed E-state index contributed by atoms with van der Waals surface area (Å²) >= 11 is 6.06. The lowest BCUT2D eigenvalue weighted by atomic mass is 10.0. The summed E-state index contributed by atoms with van der Waals surface area (Å²) in [6.07, 6.45) is -2.56. The Morgan fingerprint density at radius 2 is 1.51 bits per heavy atom. The number of fused-ring (bicyclic) bond motifs is 1. The maximum absolute atomic E-state index is 13.0. The molecule has 0 bridgehead atoms. The van der Waals surface area contributed by atoms with Crippen LogP contribution in [0.3, 0.4) is 0 Å². The largest absolute Gasteiger partial charge is 0.516 e. The first kappa shape index (κ1) is 24.5. The normalized spacial score (nSPS) is 18.6. The van der Waals surface area contributed by atoms with E-state index >= 15 is 0 Å². The van der Waals surface area contributed by atoms with Gasteiger partial charge in [-0.15, -0.1) is 11.6 Å². The maximum Gasteiger partial charge on any atom is 0.516 e. The van der Waals surface area contributed by atoms with Crippen LogP contribution in [0.2, 0.25) is 0 Å². The van der Waals surface area contributed by atoms with E-state index in [4.69, 9.17) is 25.8 Å². The van der Waals surface area contributed by atoms with Crippen LogP contribution in [0, 0.1) is 0 Å². The van der Waals surface area contributed by atoms with Crippen molar-refractivity contribution in [3.63, 3.8) is 0 Å². The number of carbonyl (C=O) groups excluding carboxylic acids is 3. The van der Waals surface area contributed by atoms with Gasteiger partial charge in [0.1, 0.15) is 0 Å². The molecular formula is C28H23ClN2O6. The third-order valence-electron chi connectivity index (χ3n) is 6.08. The SMILES string of the molecule is O=C(OC1=C(CCl)CO[C@@H]2[C@H](NC(=O)c3ccccc3)C(=O)N12)OC(c1ccccc1)c1ccccc1. The molecule has 0 saturated carbocycles. The Bertz CT molecular complexity index is 1280. The molecule has 5 rings (SSSR count). The van der Waals surface area contributed by atoms with Crippen LogP contribution in [0.15, 0.2) is 102 Å². The molecule has 0 spiro atoms. The number of halogens is 1. The molecule has 188 valence electrons. The molecule has 1 saturated heterocycles. The summed E-state index contributed by atoms with van der Waals surface area (Å²) in [6.45, 7) is 0.0269. The second kappa shape index (κ2) is 10.9. The van der Waals surface area contributed by atoms with Gasteiger partial charge in [0.05, 0.1) is 12.5 Å². The topological polar surface area (TPSA) is 94.2 Å².